The first-order valence-electron chi connectivity index (χ1n) is 7.01. The van der Waals surface area contributed by atoms with Crippen LogP contribution >= 0.6 is 0 Å². The highest BCUT2D eigenvalue weighted by atomic mass is 16.4. The third-order valence-electron chi connectivity index (χ3n) is 3.20. The molecule has 21 heavy (non-hydrogen) atoms. The second kappa shape index (κ2) is 8.19. The number of aryl methyl sites for hydroxylation is 1. The Morgan fingerprint density at radius 1 is 1.14 bits per heavy atom. The van der Waals surface area contributed by atoms with Gasteiger partial charge in [-0.25, -0.2) is 4.79 Å². The second-order valence-corrected chi connectivity index (χ2v) is 5.18. The summed E-state index contributed by atoms with van der Waals surface area (Å²) in [6, 6.07) is 9.86. The Kier molecular flexibility index (Phi) is 6.59. The van der Waals surface area contributed by atoms with Gasteiger partial charge in [-0.15, -0.1) is 0 Å². The maximum absolute atomic E-state index is 12.0. The van der Waals surface area contributed by atoms with Gasteiger partial charge in [0.25, 0.3) is 0 Å². The van der Waals surface area contributed by atoms with E-state index in [0.717, 1.165) is 12.8 Å². The molecule has 0 atom stereocenters. The average molecular weight is 291 g/mol. The Hall–Kier alpha value is -2.17. The Morgan fingerprint density at radius 3 is 2.29 bits per heavy atom. The van der Waals surface area contributed by atoms with Crippen LogP contribution in [0.4, 0.5) is 0 Å². The molecule has 0 aliphatic carbocycles. The third-order valence-corrected chi connectivity index (χ3v) is 3.20. The molecule has 1 amide bonds. The molecule has 0 heterocycles. The minimum absolute atomic E-state index is 0.0603. The number of hydrogen-bond donors (Lipinski definition) is 1. The van der Waals surface area contributed by atoms with E-state index < -0.39 is 24.1 Å². The van der Waals surface area contributed by atoms with Gasteiger partial charge in [-0.1, -0.05) is 30.3 Å². The second-order valence-electron chi connectivity index (χ2n) is 5.18. The minimum Gasteiger partial charge on any atom is -0.475 e. The number of carboxylic acid groups (broad SMARTS) is 1. The predicted molar refractivity (Wildman–Crippen MR) is 78.9 cm³/mol. The molecule has 5 nitrogen and oxygen atoms in total. The number of carboxylic acids is 1. The molecule has 0 saturated heterocycles. The molecule has 1 aromatic rings. The maximum atomic E-state index is 12.0. The van der Waals surface area contributed by atoms with Crippen molar-refractivity contribution in [2.45, 2.75) is 39.2 Å². The van der Waals surface area contributed by atoms with Gasteiger partial charge in [-0.3, -0.25) is 9.59 Å². The van der Waals surface area contributed by atoms with Crippen molar-refractivity contribution >= 4 is 17.7 Å². The highest BCUT2D eigenvalue weighted by Crippen LogP contribution is 2.08. The Morgan fingerprint density at radius 2 is 1.76 bits per heavy atom. The van der Waals surface area contributed by atoms with Gasteiger partial charge in [0, 0.05) is 12.6 Å². The first-order chi connectivity index (χ1) is 9.91. The maximum Gasteiger partial charge on any atom is 0.372 e. The van der Waals surface area contributed by atoms with E-state index in [4.69, 9.17) is 5.11 Å². The molecule has 0 spiro atoms. The molecule has 0 radical (unpaired) electrons. The fourth-order valence-electron chi connectivity index (χ4n) is 2.08. The molecule has 5 heteroatoms. The smallest absolute Gasteiger partial charge is 0.372 e. The fraction of sp³-hybridized carbons (Fsp3) is 0.438. The summed E-state index contributed by atoms with van der Waals surface area (Å²) in [5.41, 5.74) is 1.19. The molecule has 1 rings (SSSR count). The normalized spacial score (nSPS) is 10.4. The van der Waals surface area contributed by atoms with E-state index in [0.29, 0.717) is 6.54 Å². The quantitative estimate of drug-likeness (QED) is 0.586. The molecule has 0 aromatic heterocycles. The van der Waals surface area contributed by atoms with Gasteiger partial charge >= 0.3 is 5.97 Å². The summed E-state index contributed by atoms with van der Waals surface area (Å²) in [7, 11) is 0. The molecule has 0 aliphatic heterocycles. The van der Waals surface area contributed by atoms with Crippen LogP contribution in [0.25, 0.3) is 0 Å². The number of ketones is 1. The lowest BCUT2D eigenvalue weighted by atomic mass is 10.1. The van der Waals surface area contributed by atoms with Gasteiger partial charge in [0.15, 0.2) is 0 Å². The van der Waals surface area contributed by atoms with Gasteiger partial charge in [-0.05, 0) is 32.3 Å². The lowest BCUT2D eigenvalue weighted by molar-refractivity contribution is -0.151. The topological polar surface area (TPSA) is 74.7 Å². The molecule has 1 N–H and O–H groups in total. The van der Waals surface area contributed by atoms with Crippen molar-refractivity contribution in [2.75, 3.05) is 6.54 Å². The van der Waals surface area contributed by atoms with Crippen LogP contribution < -0.4 is 0 Å². The van der Waals surface area contributed by atoms with Crippen molar-refractivity contribution in [1.82, 2.24) is 4.90 Å². The van der Waals surface area contributed by atoms with Crippen molar-refractivity contribution in [3.63, 3.8) is 0 Å². The van der Waals surface area contributed by atoms with Gasteiger partial charge < -0.3 is 10.0 Å². The molecule has 1 aromatic carbocycles. The molecule has 114 valence electrons. The lowest BCUT2D eigenvalue weighted by Crippen LogP contribution is -2.39. The summed E-state index contributed by atoms with van der Waals surface area (Å²) in [4.78, 5) is 35.2. The van der Waals surface area contributed by atoms with Gasteiger partial charge in [0.1, 0.15) is 0 Å². The average Bonchev–Trinajstić information content (AvgIpc) is 2.43. The van der Waals surface area contributed by atoms with E-state index in [2.05, 4.69) is 0 Å². The number of carbonyl (C=O) groups is 3. The summed E-state index contributed by atoms with van der Waals surface area (Å²) in [5.74, 6) is -3.05. The van der Waals surface area contributed by atoms with Crippen LogP contribution in [0.3, 0.4) is 0 Å². The van der Waals surface area contributed by atoms with Crippen molar-refractivity contribution in [2.24, 2.45) is 0 Å². The van der Waals surface area contributed by atoms with E-state index in [9.17, 15) is 14.4 Å². The number of carbonyl (C=O) groups excluding carboxylic acids is 2. The number of nitrogens with zero attached hydrogens (tertiary/aromatic N) is 1. The fourth-order valence-corrected chi connectivity index (χ4v) is 2.08. The van der Waals surface area contributed by atoms with Crippen molar-refractivity contribution in [1.29, 1.82) is 0 Å². The van der Waals surface area contributed by atoms with E-state index >= 15 is 0 Å². The van der Waals surface area contributed by atoms with E-state index in [1.54, 1.807) is 4.90 Å². The van der Waals surface area contributed by atoms with Crippen molar-refractivity contribution in [3.8, 4) is 0 Å². The summed E-state index contributed by atoms with van der Waals surface area (Å²) in [6.07, 6.45) is 1.04. The molecule has 0 bridgehead atoms. The molecular weight excluding hydrogens is 270 g/mol. The Balaban J connectivity index is 2.51. The number of rotatable bonds is 8. The lowest BCUT2D eigenvalue weighted by Gasteiger charge is -2.26. The SMILES string of the molecule is CC(C)N(CCCc1ccccc1)C(=O)CC(=O)C(=O)O. The van der Waals surface area contributed by atoms with Crippen molar-refractivity contribution < 1.29 is 19.5 Å². The Bertz CT molecular complexity index is 496. The van der Waals surface area contributed by atoms with E-state index in [1.807, 2.05) is 44.2 Å². The van der Waals surface area contributed by atoms with Crippen LogP contribution in [0, 0.1) is 0 Å². The molecule has 0 saturated carbocycles. The summed E-state index contributed by atoms with van der Waals surface area (Å²) < 4.78 is 0. The van der Waals surface area contributed by atoms with Crippen LogP contribution in [0.15, 0.2) is 30.3 Å². The molecular formula is C16H21NO4. The van der Waals surface area contributed by atoms with E-state index in [1.165, 1.54) is 5.56 Å². The zero-order valence-electron chi connectivity index (χ0n) is 12.4. The standard InChI is InChI=1S/C16H21NO4/c1-12(2)17(15(19)11-14(18)16(20)21)10-6-9-13-7-4-3-5-8-13/h3-5,7-8,12H,6,9-11H2,1-2H3,(H,20,21). The highest BCUT2D eigenvalue weighted by molar-refractivity contribution is 6.36. The van der Waals surface area contributed by atoms with Crippen LogP contribution in [-0.2, 0) is 20.8 Å². The number of benzene rings is 1. The van der Waals surface area contributed by atoms with Crippen LogP contribution in [-0.4, -0.2) is 40.3 Å². The zero-order chi connectivity index (χ0) is 15.8. The zero-order valence-corrected chi connectivity index (χ0v) is 12.4. The van der Waals surface area contributed by atoms with Crippen LogP contribution in [0.2, 0.25) is 0 Å². The highest BCUT2D eigenvalue weighted by Gasteiger charge is 2.22. The van der Waals surface area contributed by atoms with Crippen LogP contribution in [0.5, 0.6) is 0 Å². The largest absolute Gasteiger partial charge is 0.475 e. The van der Waals surface area contributed by atoms with Crippen LogP contribution in [0.1, 0.15) is 32.3 Å². The number of hydrogen-bond acceptors (Lipinski definition) is 3. The monoisotopic (exact) mass is 291 g/mol. The minimum atomic E-state index is -1.56. The predicted octanol–water partition coefficient (Wildman–Crippen LogP) is 1.90. The molecule has 0 unspecified atom stereocenters. The number of Topliss-reactive ketones (excluding diaryl/α,β-unsaturated/α-hetero) is 1. The summed E-state index contributed by atoms with van der Waals surface area (Å²) in [5, 5.41) is 8.56. The number of amides is 1. The Labute approximate surface area is 124 Å². The van der Waals surface area contributed by atoms with Gasteiger partial charge in [0.2, 0.25) is 11.7 Å². The molecule has 0 aliphatic rings. The molecule has 0 fully saturated rings. The van der Waals surface area contributed by atoms with Gasteiger partial charge in [0.05, 0.1) is 6.42 Å². The summed E-state index contributed by atoms with van der Waals surface area (Å²) >= 11 is 0. The first kappa shape index (κ1) is 16.9. The summed E-state index contributed by atoms with van der Waals surface area (Å²) in [6.45, 7) is 4.22. The van der Waals surface area contributed by atoms with Crippen molar-refractivity contribution in [3.05, 3.63) is 35.9 Å². The first-order valence-corrected chi connectivity index (χ1v) is 7.01. The third kappa shape index (κ3) is 5.77. The number of aliphatic carboxylic acids is 1. The van der Waals surface area contributed by atoms with E-state index in [-0.39, 0.29) is 6.04 Å². The van der Waals surface area contributed by atoms with Gasteiger partial charge in [-0.2, -0.15) is 0 Å².